The molecule has 1 saturated heterocycles. The van der Waals surface area contributed by atoms with Crippen molar-refractivity contribution in [1.29, 1.82) is 0 Å². The summed E-state index contributed by atoms with van der Waals surface area (Å²) in [5.41, 5.74) is 2.45. The normalized spacial score (nSPS) is 18.8. The van der Waals surface area contributed by atoms with Crippen LogP contribution in [-0.2, 0) is 0 Å². The van der Waals surface area contributed by atoms with E-state index >= 15 is 0 Å². The fourth-order valence-corrected chi connectivity index (χ4v) is 2.55. The zero-order valence-electron chi connectivity index (χ0n) is 12.3. The minimum absolute atomic E-state index is 0.0529. The molecule has 21 heavy (non-hydrogen) atoms. The molecule has 0 spiro atoms. The van der Waals surface area contributed by atoms with Crippen LogP contribution in [0.3, 0.4) is 0 Å². The number of piperazine rings is 1. The van der Waals surface area contributed by atoms with Gasteiger partial charge in [0.1, 0.15) is 0 Å². The minimum atomic E-state index is -0.0529. The van der Waals surface area contributed by atoms with E-state index < -0.39 is 0 Å². The highest BCUT2D eigenvalue weighted by Crippen LogP contribution is 2.12. The highest BCUT2D eigenvalue weighted by Gasteiger charge is 2.26. The predicted octanol–water partition coefficient (Wildman–Crippen LogP) is 1.01. The van der Waals surface area contributed by atoms with E-state index in [-0.39, 0.29) is 11.9 Å². The summed E-state index contributed by atoms with van der Waals surface area (Å²) < 4.78 is 1.65. The molecule has 6 heteroatoms. The van der Waals surface area contributed by atoms with Crippen LogP contribution in [0.2, 0.25) is 0 Å². The number of amides is 1. The monoisotopic (exact) mass is 285 g/mol. The van der Waals surface area contributed by atoms with Crippen molar-refractivity contribution in [2.75, 3.05) is 19.6 Å². The molecule has 6 nitrogen and oxygen atoms in total. The molecule has 1 aliphatic heterocycles. The largest absolute Gasteiger partial charge is 0.332 e. The Kier molecular flexibility index (Phi) is 3.70. The maximum absolute atomic E-state index is 12.5. The van der Waals surface area contributed by atoms with E-state index in [1.807, 2.05) is 43.0 Å². The maximum atomic E-state index is 12.5. The molecule has 1 N–H and O–H groups in total. The van der Waals surface area contributed by atoms with Crippen LogP contribution in [0.5, 0.6) is 0 Å². The van der Waals surface area contributed by atoms with Gasteiger partial charge in [-0.3, -0.25) is 4.79 Å². The Balaban J connectivity index is 1.83. The van der Waals surface area contributed by atoms with E-state index in [2.05, 4.69) is 15.6 Å². The fourth-order valence-electron chi connectivity index (χ4n) is 2.55. The Morgan fingerprint density at radius 2 is 2.29 bits per heavy atom. The van der Waals surface area contributed by atoms with Gasteiger partial charge in [0.25, 0.3) is 5.91 Å². The van der Waals surface area contributed by atoms with E-state index in [1.165, 1.54) is 0 Å². The Morgan fingerprint density at radius 3 is 3.05 bits per heavy atom. The third kappa shape index (κ3) is 2.80. The first kappa shape index (κ1) is 13.8. The van der Waals surface area contributed by atoms with Crippen LogP contribution in [0.4, 0.5) is 0 Å². The highest BCUT2D eigenvalue weighted by molar-refractivity contribution is 5.92. The number of hydrogen-bond donors (Lipinski definition) is 1. The number of benzene rings is 1. The summed E-state index contributed by atoms with van der Waals surface area (Å²) in [6, 6.07) is 8.12. The van der Waals surface area contributed by atoms with Crippen molar-refractivity contribution in [2.24, 2.45) is 0 Å². The lowest BCUT2D eigenvalue weighted by atomic mass is 10.2. The van der Waals surface area contributed by atoms with Gasteiger partial charge in [-0.05, 0) is 31.5 Å². The summed E-state index contributed by atoms with van der Waals surface area (Å²) in [4.78, 5) is 14.4. The first-order valence-corrected chi connectivity index (χ1v) is 7.16. The predicted molar refractivity (Wildman–Crippen MR) is 79.5 cm³/mol. The first-order chi connectivity index (χ1) is 10.1. The molecule has 1 aromatic carbocycles. The summed E-state index contributed by atoms with van der Waals surface area (Å²) in [6.45, 7) is 6.40. The third-order valence-electron chi connectivity index (χ3n) is 3.74. The van der Waals surface area contributed by atoms with Gasteiger partial charge < -0.3 is 10.2 Å². The number of nitrogens with one attached hydrogen (secondary N) is 1. The molecule has 1 unspecified atom stereocenters. The van der Waals surface area contributed by atoms with Crippen molar-refractivity contribution in [3.63, 3.8) is 0 Å². The lowest BCUT2D eigenvalue weighted by Crippen LogP contribution is -2.52. The second-order valence-electron chi connectivity index (χ2n) is 5.44. The molecule has 1 amide bonds. The van der Waals surface area contributed by atoms with E-state index in [0.29, 0.717) is 12.2 Å². The van der Waals surface area contributed by atoms with E-state index in [1.54, 1.807) is 10.9 Å². The molecule has 110 valence electrons. The van der Waals surface area contributed by atoms with Crippen LogP contribution in [0.25, 0.3) is 5.69 Å². The number of carbonyl (C=O) groups is 1. The molecule has 1 aromatic heterocycles. The molecule has 2 aromatic rings. The van der Waals surface area contributed by atoms with Crippen molar-refractivity contribution in [3.05, 3.63) is 41.7 Å². The number of nitrogens with zero attached hydrogens (tertiary/aromatic N) is 4. The molecule has 0 bridgehead atoms. The van der Waals surface area contributed by atoms with Crippen LogP contribution in [0, 0.1) is 6.92 Å². The maximum Gasteiger partial charge on any atom is 0.276 e. The van der Waals surface area contributed by atoms with Crippen molar-refractivity contribution in [2.45, 2.75) is 19.9 Å². The number of aryl methyl sites for hydroxylation is 1. The lowest BCUT2D eigenvalue weighted by Gasteiger charge is -2.33. The number of aromatic nitrogens is 3. The molecule has 1 fully saturated rings. The molecule has 1 aliphatic rings. The van der Waals surface area contributed by atoms with Crippen LogP contribution < -0.4 is 5.32 Å². The van der Waals surface area contributed by atoms with Gasteiger partial charge >= 0.3 is 0 Å². The SMILES string of the molecule is Cc1cccc(-n2cc(C(=O)N3CCNCC3C)nn2)c1. The molecule has 3 rings (SSSR count). The average molecular weight is 285 g/mol. The molecular weight excluding hydrogens is 266 g/mol. The van der Waals surface area contributed by atoms with Crippen LogP contribution in [0.15, 0.2) is 30.5 Å². The smallest absolute Gasteiger partial charge is 0.276 e. The first-order valence-electron chi connectivity index (χ1n) is 7.16. The zero-order valence-corrected chi connectivity index (χ0v) is 12.3. The second kappa shape index (κ2) is 5.65. The quantitative estimate of drug-likeness (QED) is 0.894. The van der Waals surface area contributed by atoms with Crippen LogP contribution in [-0.4, -0.2) is 51.5 Å². The molecule has 0 radical (unpaired) electrons. The van der Waals surface area contributed by atoms with E-state index in [4.69, 9.17) is 0 Å². The van der Waals surface area contributed by atoms with Gasteiger partial charge in [0.2, 0.25) is 0 Å². The van der Waals surface area contributed by atoms with Gasteiger partial charge in [-0.25, -0.2) is 4.68 Å². The van der Waals surface area contributed by atoms with Gasteiger partial charge in [0.05, 0.1) is 11.9 Å². The van der Waals surface area contributed by atoms with Crippen molar-refractivity contribution in [3.8, 4) is 5.69 Å². The summed E-state index contributed by atoms with van der Waals surface area (Å²) in [5.74, 6) is -0.0529. The van der Waals surface area contributed by atoms with Gasteiger partial charge in [-0.15, -0.1) is 5.10 Å². The summed E-state index contributed by atoms with van der Waals surface area (Å²) in [5, 5.41) is 11.4. The van der Waals surface area contributed by atoms with Crippen LogP contribution in [0.1, 0.15) is 23.0 Å². The third-order valence-corrected chi connectivity index (χ3v) is 3.74. The lowest BCUT2D eigenvalue weighted by molar-refractivity contribution is 0.0649. The van der Waals surface area contributed by atoms with Gasteiger partial charge in [0, 0.05) is 25.7 Å². The molecule has 0 aliphatic carbocycles. The fraction of sp³-hybridized carbons (Fsp3) is 0.400. The molecule has 1 atom stereocenters. The Morgan fingerprint density at radius 1 is 1.43 bits per heavy atom. The molecular formula is C15H19N5O. The highest BCUT2D eigenvalue weighted by atomic mass is 16.2. The number of carbonyl (C=O) groups excluding carboxylic acids is 1. The van der Waals surface area contributed by atoms with E-state index in [0.717, 1.165) is 24.3 Å². The average Bonchev–Trinajstić information content (AvgIpc) is 2.97. The minimum Gasteiger partial charge on any atom is -0.332 e. The molecule has 0 saturated carbocycles. The van der Waals surface area contributed by atoms with Crippen LogP contribution >= 0.6 is 0 Å². The number of rotatable bonds is 2. The second-order valence-corrected chi connectivity index (χ2v) is 5.44. The Hall–Kier alpha value is -2.21. The standard InChI is InChI=1S/C15H19N5O/c1-11-4-3-5-13(8-11)20-10-14(17-18-20)15(21)19-7-6-16-9-12(19)2/h3-5,8,10,12,16H,6-7,9H2,1-2H3. The van der Waals surface area contributed by atoms with Gasteiger partial charge in [-0.2, -0.15) is 0 Å². The van der Waals surface area contributed by atoms with Gasteiger partial charge in [-0.1, -0.05) is 17.3 Å². The summed E-state index contributed by atoms with van der Waals surface area (Å²) in [6.07, 6.45) is 1.70. The molecule has 2 heterocycles. The topological polar surface area (TPSA) is 63.1 Å². The Labute approximate surface area is 123 Å². The van der Waals surface area contributed by atoms with Crippen molar-refractivity contribution < 1.29 is 4.79 Å². The number of hydrogen-bond acceptors (Lipinski definition) is 4. The summed E-state index contributed by atoms with van der Waals surface area (Å²) >= 11 is 0. The summed E-state index contributed by atoms with van der Waals surface area (Å²) in [7, 11) is 0. The van der Waals surface area contributed by atoms with Crippen molar-refractivity contribution in [1.82, 2.24) is 25.2 Å². The van der Waals surface area contributed by atoms with Gasteiger partial charge in [0.15, 0.2) is 5.69 Å². The Bertz CT molecular complexity index is 651. The zero-order chi connectivity index (χ0) is 14.8. The van der Waals surface area contributed by atoms with E-state index in [9.17, 15) is 4.79 Å². The van der Waals surface area contributed by atoms with Crippen molar-refractivity contribution >= 4 is 5.91 Å².